The van der Waals surface area contributed by atoms with Gasteiger partial charge >= 0.3 is 0 Å². The van der Waals surface area contributed by atoms with Gasteiger partial charge in [0.2, 0.25) is 0 Å². The number of fused-ring (bicyclic) bond motifs is 2. The normalized spacial score (nSPS) is 27.2. The van der Waals surface area contributed by atoms with Gasteiger partial charge in [0.15, 0.2) is 5.41 Å². The molecule has 0 unspecified atom stereocenters. The van der Waals surface area contributed by atoms with Crippen molar-refractivity contribution in [2.45, 2.75) is 38.3 Å². The monoisotopic (exact) mass is 291 g/mol. The van der Waals surface area contributed by atoms with Crippen LogP contribution >= 0.6 is 0 Å². The Morgan fingerprint density at radius 3 is 2.77 bits per heavy atom. The molecule has 1 N–H and O–H groups in total. The minimum atomic E-state index is -1.11. The molecule has 22 heavy (non-hydrogen) atoms. The van der Waals surface area contributed by atoms with Gasteiger partial charge in [0.1, 0.15) is 0 Å². The zero-order valence-electron chi connectivity index (χ0n) is 12.9. The molecule has 2 aliphatic heterocycles. The third kappa shape index (κ3) is 2.97. The number of nitrogens with zero attached hydrogens (tertiary/aromatic N) is 2. The van der Waals surface area contributed by atoms with E-state index in [-0.39, 0.29) is 18.0 Å². The molecule has 0 aliphatic carbocycles. The smallest absolute Gasteiger partial charge is 0.168 e. The van der Waals surface area contributed by atoms with Crippen LogP contribution < -0.4 is 5.32 Å². The maximum absolute atomic E-state index is 9.73. The van der Waals surface area contributed by atoms with Gasteiger partial charge in [0, 0.05) is 24.4 Å². The topological polar surface area (TPSA) is 59.6 Å². The maximum Gasteiger partial charge on any atom is 0.168 e. The van der Waals surface area contributed by atoms with Gasteiger partial charge in [-0.05, 0) is 31.4 Å². The Bertz CT molecular complexity index is 619. The second kappa shape index (κ2) is 7.10. The van der Waals surface area contributed by atoms with Gasteiger partial charge in [0.25, 0.3) is 0 Å². The summed E-state index contributed by atoms with van der Waals surface area (Å²) in [6.45, 7) is 5.60. The number of allylic oxidation sites excluding steroid dienone is 4. The van der Waals surface area contributed by atoms with Crippen LogP contribution in [0.25, 0.3) is 0 Å². The van der Waals surface area contributed by atoms with E-state index in [1.54, 1.807) is 0 Å². The zero-order chi connectivity index (χ0) is 16.0. The molecule has 2 rings (SSSR count). The SMILES string of the molecule is C=C=C[C@@H]1C(C(C#N)(C#N)C/C=C/C=C/C)=C[C@H]2CC[C@@H]1N2. The fraction of sp³-hybridized carbons (Fsp3) is 0.421. The summed E-state index contributed by atoms with van der Waals surface area (Å²) in [5.74, 6) is 0.0191. The van der Waals surface area contributed by atoms with Crippen molar-refractivity contribution in [1.29, 1.82) is 10.5 Å². The lowest BCUT2D eigenvalue weighted by Crippen LogP contribution is -2.42. The van der Waals surface area contributed by atoms with Crippen LogP contribution in [0.2, 0.25) is 0 Å². The van der Waals surface area contributed by atoms with Crippen LogP contribution in [0.4, 0.5) is 0 Å². The van der Waals surface area contributed by atoms with Gasteiger partial charge in [-0.2, -0.15) is 10.5 Å². The highest BCUT2D eigenvalue weighted by Gasteiger charge is 2.44. The molecular weight excluding hydrogens is 270 g/mol. The minimum Gasteiger partial charge on any atom is -0.307 e. The Labute approximate surface area is 132 Å². The largest absolute Gasteiger partial charge is 0.307 e. The Morgan fingerprint density at radius 1 is 1.36 bits per heavy atom. The molecule has 2 aliphatic rings. The molecule has 2 bridgehead atoms. The van der Waals surface area contributed by atoms with Gasteiger partial charge in [-0.25, -0.2) is 0 Å². The Kier molecular flexibility index (Phi) is 5.18. The molecule has 3 nitrogen and oxygen atoms in total. The van der Waals surface area contributed by atoms with Crippen molar-refractivity contribution >= 4 is 0 Å². The van der Waals surface area contributed by atoms with E-state index < -0.39 is 5.41 Å². The summed E-state index contributed by atoms with van der Waals surface area (Å²) >= 11 is 0. The number of nitrogens with one attached hydrogen (secondary N) is 1. The van der Waals surface area contributed by atoms with Crippen molar-refractivity contribution in [3.63, 3.8) is 0 Å². The zero-order valence-corrected chi connectivity index (χ0v) is 12.9. The highest BCUT2D eigenvalue weighted by molar-refractivity contribution is 5.41. The number of rotatable bonds is 5. The van der Waals surface area contributed by atoms with Gasteiger partial charge < -0.3 is 5.32 Å². The Morgan fingerprint density at radius 2 is 2.14 bits per heavy atom. The summed E-state index contributed by atoms with van der Waals surface area (Å²) in [5, 5.41) is 23.0. The highest BCUT2D eigenvalue weighted by atomic mass is 15.0. The first-order valence-corrected chi connectivity index (χ1v) is 7.65. The van der Waals surface area contributed by atoms with E-state index in [2.05, 4.69) is 35.8 Å². The molecular formula is C19H21N3. The van der Waals surface area contributed by atoms with E-state index in [0.717, 1.165) is 18.4 Å². The summed E-state index contributed by atoms with van der Waals surface area (Å²) in [7, 11) is 0. The third-order valence-corrected chi connectivity index (χ3v) is 4.43. The fourth-order valence-corrected chi connectivity index (χ4v) is 3.32. The fourth-order valence-electron chi connectivity index (χ4n) is 3.32. The molecule has 0 aromatic carbocycles. The van der Waals surface area contributed by atoms with Crippen LogP contribution in [-0.4, -0.2) is 12.1 Å². The second-order valence-electron chi connectivity index (χ2n) is 5.76. The van der Waals surface area contributed by atoms with E-state index in [4.69, 9.17) is 0 Å². The van der Waals surface area contributed by atoms with Crippen LogP contribution in [0.15, 0.2) is 54.3 Å². The average Bonchev–Trinajstić information content (AvgIpc) is 2.94. The van der Waals surface area contributed by atoms with E-state index in [0.29, 0.717) is 6.42 Å². The summed E-state index contributed by atoms with van der Waals surface area (Å²) in [4.78, 5) is 0. The first-order chi connectivity index (χ1) is 10.7. The lowest BCUT2D eigenvalue weighted by molar-refractivity contribution is 0.418. The molecule has 0 radical (unpaired) electrons. The first kappa shape index (κ1) is 16.1. The van der Waals surface area contributed by atoms with Crippen molar-refractivity contribution in [3.05, 3.63) is 54.3 Å². The lowest BCUT2D eigenvalue weighted by atomic mass is 9.70. The molecule has 112 valence electrons. The van der Waals surface area contributed by atoms with E-state index >= 15 is 0 Å². The molecule has 1 saturated heterocycles. The molecule has 0 aromatic rings. The quantitative estimate of drug-likeness (QED) is 0.478. The molecule has 2 heterocycles. The van der Waals surface area contributed by atoms with Crippen molar-refractivity contribution < 1.29 is 0 Å². The van der Waals surface area contributed by atoms with Gasteiger partial charge in [0.05, 0.1) is 12.1 Å². The predicted molar refractivity (Wildman–Crippen MR) is 87.5 cm³/mol. The standard InChI is InChI=1S/C19H21N3/c1-3-5-6-7-11-19(13-20,14-21)17-12-15-9-10-18(22-15)16(17)8-4-2/h3,5-8,12,15-16,18,22H,2,9-11H2,1H3/b5-3+,7-6+/t15-,16-,18+/m1/s1. The molecule has 3 atom stereocenters. The van der Waals surface area contributed by atoms with Crippen molar-refractivity contribution in [1.82, 2.24) is 5.32 Å². The van der Waals surface area contributed by atoms with Crippen LogP contribution in [-0.2, 0) is 0 Å². The minimum absolute atomic E-state index is 0.0191. The van der Waals surface area contributed by atoms with Crippen LogP contribution in [0.5, 0.6) is 0 Å². The van der Waals surface area contributed by atoms with Gasteiger partial charge in [-0.15, -0.1) is 5.73 Å². The van der Waals surface area contributed by atoms with E-state index in [1.165, 1.54) is 0 Å². The molecule has 0 aromatic heterocycles. The predicted octanol–water partition coefficient (Wildman–Crippen LogP) is 3.56. The average molecular weight is 291 g/mol. The highest BCUT2D eigenvalue weighted by Crippen LogP contribution is 2.43. The van der Waals surface area contributed by atoms with Crippen LogP contribution in [0, 0.1) is 34.0 Å². The van der Waals surface area contributed by atoms with Crippen LogP contribution in [0.3, 0.4) is 0 Å². The van der Waals surface area contributed by atoms with Gasteiger partial charge in [-0.1, -0.05) is 37.0 Å². The summed E-state index contributed by atoms with van der Waals surface area (Å²) in [6.07, 6.45) is 14.1. The number of hydrogen-bond donors (Lipinski definition) is 1. The molecule has 0 saturated carbocycles. The number of hydrogen-bond acceptors (Lipinski definition) is 3. The van der Waals surface area contributed by atoms with Crippen molar-refractivity contribution in [2.75, 3.05) is 0 Å². The van der Waals surface area contributed by atoms with Gasteiger partial charge in [-0.3, -0.25) is 0 Å². The first-order valence-electron chi connectivity index (χ1n) is 7.65. The molecule has 1 fully saturated rings. The van der Waals surface area contributed by atoms with Crippen molar-refractivity contribution in [2.24, 2.45) is 11.3 Å². The number of nitriles is 2. The Balaban J connectivity index is 2.40. The lowest BCUT2D eigenvalue weighted by Gasteiger charge is -2.34. The molecule has 0 amide bonds. The molecule has 0 spiro atoms. The van der Waals surface area contributed by atoms with E-state index in [9.17, 15) is 10.5 Å². The third-order valence-electron chi connectivity index (χ3n) is 4.43. The second-order valence-corrected chi connectivity index (χ2v) is 5.76. The summed E-state index contributed by atoms with van der Waals surface area (Å²) in [6, 6.07) is 5.09. The summed E-state index contributed by atoms with van der Waals surface area (Å²) < 4.78 is 0. The maximum atomic E-state index is 9.73. The van der Waals surface area contributed by atoms with Crippen molar-refractivity contribution in [3.8, 4) is 12.1 Å². The van der Waals surface area contributed by atoms with E-state index in [1.807, 2.05) is 37.3 Å². The summed E-state index contributed by atoms with van der Waals surface area (Å²) in [5.41, 5.74) is 2.64. The Hall–Kier alpha value is -2.32. The van der Waals surface area contributed by atoms with Crippen LogP contribution in [0.1, 0.15) is 26.2 Å². The molecule has 3 heteroatoms.